The van der Waals surface area contributed by atoms with Crippen molar-refractivity contribution in [2.24, 2.45) is 0 Å². The molecule has 1 aromatic carbocycles. The van der Waals surface area contributed by atoms with E-state index in [0.717, 1.165) is 11.1 Å². The summed E-state index contributed by atoms with van der Waals surface area (Å²) in [6.45, 7) is 1.97. The molecule has 1 rings (SSSR count). The smallest absolute Gasteiger partial charge is 0.185 e. The van der Waals surface area contributed by atoms with Crippen LogP contribution in [-0.4, -0.2) is 13.8 Å². The molecule has 0 aromatic heterocycles. The van der Waals surface area contributed by atoms with Crippen LogP contribution in [-0.2, 0) is 16.7 Å². The molecular weight excluding hydrogens is 172 g/mol. The van der Waals surface area contributed by atoms with Gasteiger partial charge >= 0.3 is 0 Å². The Hall–Kier alpha value is -1.09. The first-order chi connectivity index (χ1) is 5.70. The summed E-state index contributed by atoms with van der Waals surface area (Å²) in [5.41, 5.74) is 2.18. The van der Waals surface area contributed by atoms with Crippen LogP contribution in [0.25, 0.3) is 0 Å². The molecule has 0 amide bonds. The van der Waals surface area contributed by atoms with Gasteiger partial charge in [-0.05, 0) is 18.1 Å². The van der Waals surface area contributed by atoms with Crippen LogP contribution in [0.2, 0.25) is 0 Å². The Bertz CT molecular complexity index is 383. The number of hydrogen-bond acceptors (Lipinski definition) is 2. The summed E-state index contributed by atoms with van der Waals surface area (Å²) in [6, 6.07) is 7.74. The number of hydrogen-bond donors (Lipinski definition) is 0. The lowest BCUT2D eigenvalue weighted by atomic mass is 10.1. The van der Waals surface area contributed by atoms with E-state index < -0.39 is 10.3 Å². The highest BCUT2D eigenvalue weighted by molar-refractivity contribution is 7.71. The van der Waals surface area contributed by atoms with E-state index in [0.29, 0.717) is 6.42 Å². The minimum Gasteiger partial charge on any atom is -0.185 e. The van der Waals surface area contributed by atoms with E-state index in [1.54, 1.807) is 0 Å². The Morgan fingerprint density at radius 3 is 2.58 bits per heavy atom. The molecule has 0 aliphatic heterocycles. The van der Waals surface area contributed by atoms with Crippen LogP contribution in [0.3, 0.4) is 0 Å². The molecular formula is C9H10O2S. The second-order valence-electron chi connectivity index (χ2n) is 2.56. The minimum atomic E-state index is -2.05. The quantitative estimate of drug-likeness (QED) is 0.644. The molecule has 0 spiro atoms. The highest BCUT2D eigenvalue weighted by Crippen LogP contribution is 2.05. The zero-order chi connectivity index (χ0) is 8.97. The van der Waals surface area contributed by atoms with E-state index in [9.17, 15) is 8.42 Å². The monoisotopic (exact) mass is 182 g/mol. The summed E-state index contributed by atoms with van der Waals surface area (Å²) in [4.78, 5) is 0. The summed E-state index contributed by atoms with van der Waals surface area (Å²) in [5, 5.41) is 1.27. The molecule has 0 fully saturated rings. The molecule has 0 N–H and O–H groups in total. The molecule has 0 bridgehead atoms. The van der Waals surface area contributed by atoms with Crippen molar-refractivity contribution < 1.29 is 8.42 Å². The average molecular weight is 182 g/mol. The van der Waals surface area contributed by atoms with E-state index in [1.807, 2.05) is 31.2 Å². The number of benzene rings is 1. The van der Waals surface area contributed by atoms with Crippen LogP contribution in [0, 0.1) is 6.92 Å². The second kappa shape index (κ2) is 4.07. The van der Waals surface area contributed by atoms with Crippen LogP contribution in [0.15, 0.2) is 24.3 Å². The van der Waals surface area contributed by atoms with Gasteiger partial charge < -0.3 is 0 Å². The maximum Gasteiger partial charge on any atom is 0.210 e. The third-order valence-electron chi connectivity index (χ3n) is 1.70. The van der Waals surface area contributed by atoms with Crippen molar-refractivity contribution >= 4 is 15.7 Å². The predicted octanol–water partition coefficient (Wildman–Crippen LogP) is 1.22. The standard InChI is InChI=1S/C9H10O2S/c1-8-4-2-3-5-9(8)6-7-12(10)11/h2-5,7H,6H2,1H3. The van der Waals surface area contributed by atoms with E-state index in [2.05, 4.69) is 0 Å². The van der Waals surface area contributed by atoms with Crippen LogP contribution < -0.4 is 0 Å². The Kier molecular flexibility index (Phi) is 3.05. The molecule has 0 unspecified atom stereocenters. The molecule has 0 heterocycles. The summed E-state index contributed by atoms with van der Waals surface area (Å²) in [5.74, 6) is 0. The van der Waals surface area contributed by atoms with Crippen molar-refractivity contribution in [3.8, 4) is 0 Å². The van der Waals surface area contributed by atoms with Crippen LogP contribution in [0.1, 0.15) is 11.1 Å². The Labute approximate surface area is 73.4 Å². The average Bonchev–Trinajstić information content (AvgIpc) is 2.03. The molecule has 0 radical (unpaired) electrons. The Balaban J connectivity index is 2.90. The third-order valence-corrected chi connectivity index (χ3v) is 2.14. The van der Waals surface area contributed by atoms with Gasteiger partial charge in [-0.1, -0.05) is 24.3 Å². The molecule has 3 heteroatoms. The minimum absolute atomic E-state index is 0.489. The number of rotatable bonds is 2. The van der Waals surface area contributed by atoms with Gasteiger partial charge in [0.05, 0.1) is 0 Å². The molecule has 64 valence electrons. The van der Waals surface area contributed by atoms with Crippen molar-refractivity contribution in [3.63, 3.8) is 0 Å². The fraction of sp³-hybridized carbons (Fsp3) is 0.222. The fourth-order valence-electron chi connectivity index (χ4n) is 0.997. The largest absolute Gasteiger partial charge is 0.210 e. The number of aryl methyl sites for hydroxylation is 1. The summed E-state index contributed by atoms with van der Waals surface area (Å²) < 4.78 is 20.5. The lowest BCUT2D eigenvalue weighted by molar-refractivity contribution is 0.627. The fourth-order valence-corrected chi connectivity index (χ4v) is 1.31. The first-order valence-corrected chi connectivity index (χ1v) is 4.80. The van der Waals surface area contributed by atoms with Gasteiger partial charge in [0.1, 0.15) is 0 Å². The highest BCUT2D eigenvalue weighted by atomic mass is 32.2. The maximum atomic E-state index is 10.2. The SMILES string of the molecule is Cc1ccccc1CC=S(=O)=O. The van der Waals surface area contributed by atoms with Crippen molar-refractivity contribution in [1.29, 1.82) is 0 Å². The lowest BCUT2D eigenvalue weighted by Gasteiger charge is -1.98. The van der Waals surface area contributed by atoms with E-state index in [1.165, 1.54) is 5.37 Å². The molecule has 2 nitrogen and oxygen atoms in total. The zero-order valence-corrected chi connectivity index (χ0v) is 7.64. The van der Waals surface area contributed by atoms with Gasteiger partial charge in [-0.25, -0.2) is 0 Å². The first kappa shape index (κ1) is 9.00. The van der Waals surface area contributed by atoms with Crippen molar-refractivity contribution in [3.05, 3.63) is 35.4 Å². The van der Waals surface area contributed by atoms with Gasteiger partial charge in [0.2, 0.25) is 10.3 Å². The van der Waals surface area contributed by atoms with Gasteiger partial charge in [0.15, 0.2) is 0 Å². The molecule has 12 heavy (non-hydrogen) atoms. The third kappa shape index (κ3) is 2.51. The van der Waals surface area contributed by atoms with E-state index >= 15 is 0 Å². The topological polar surface area (TPSA) is 34.1 Å². The molecule has 0 saturated heterocycles. The maximum absolute atomic E-state index is 10.2. The first-order valence-electron chi connectivity index (χ1n) is 3.66. The molecule has 0 saturated carbocycles. The van der Waals surface area contributed by atoms with Crippen LogP contribution in [0.4, 0.5) is 0 Å². The highest BCUT2D eigenvalue weighted by Gasteiger charge is 1.93. The molecule has 1 aromatic rings. The normalized spacial score (nSPS) is 9.42. The second-order valence-corrected chi connectivity index (χ2v) is 3.41. The van der Waals surface area contributed by atoms with E-state index in [-0.39, 0.29) is 0 Å². The predicted molar refractivity (Wildman–Crippen MR) is 49.9 cm³/mol. The van der Waals surface area contributed by atoms with E-state index in [4.69, 9.17) is 0 Å². The Morgan fingerprint density at radius 1 is 1.33 bits per heavy atom. The lowest BCUT2D eigenvalue weighted by Crippen LogP contribution is -1.89. The van der Waals surface area contributed by atoms with Crippen molar-refractivity contribution in [2.45, 2.75) is 13.3 Å². The molecule has 0 atom stereocenters. The van der Waals surface area contributed by atoms with Crippen LogP contribution >= 0.6 is 0 Å². The summed E-state index contributed by atoms with van der Waals surface area (Å²) in [6.07, 6.45) is 0.489. The van der Waals surface area contributed by atoms with Gasteiger partial charge in [-0.2, -0.15) is 8.42 Å². The van der Waals surface area contributed by atoms with Gasteiger partial charge in [0.25, 0.3) is 0 Å². The van der Waals surface area contributed by atoms with Gasteiger partial charge in [-0.3, -0.25) is 0 Å². The van der Waals surface area contributed by atoms with Crippen LogP contribution in [0.5, 0.6) is 0 Å². The summed E-state index contributed by atoms with van der Waals surface area (Å²) >= 11 is 0. The molecule has 0 aliphatic carbocycles. The van der Waals surface area contributed by atoms with Gasteiger partial charge in [-0.15, -0.1) is 0 Å². The Morgan fingerprint density at radius 2 is 2.00 bits per heavy atom. The van der Waals surface area contributed by atoms with Gasteiger partial charge in [0, 0.05) is 11.8 Å². The zero-order valence-electron chi connectivity index (χ0n) is 6.82. The molecule has 0 aliphatic rings. The summed E-state index contributed by atoms with van der Waals surface area (Å²) in [7, 11) is -2.05. The van der Waals surface area contributed by atoms with Crippen molar-refractivity contribution in [1.82, 2.24) is 0 Å². The van der Waals surface area contributed by atoms with Crippen molar-refractivity contribution in [2.75, 3.05) is 0 Å².